The van der Waals surface area contributed by atoms with E-state index in [0.717, 1.165) is 56.4 Å². The lowest BCUT2D eigenvalue weighted by Gasteiger charge is -2.35. The predicted molar refractivity (Wildman–Crippen MR) is 125 cm³/mol. The van der Waals surface area contributed by atoms with Crippen molar-refractivity contribution in [3.05, 3.63) is 54.1 Å². The van der Waals surface area contributed by atoms with E-state index in [1.54, 1.807) is 36.0 Å². The normalized spacial score (nSPS) is 21.7. The van der Waals surface area contributed by atoms with Crippen LogP contribution in [0, 0.1) is 5.41 Å². The second-order valence-corrected chi connectivity index (χ2v) is 9.60. The number of ether oxygens (including phenoxy) is 1. The minimum absolute atomic E-state index is 0.200. The van der Waals surface area contributed by atoms with Gasteiger partial charge in [0.25, 0.3) is 0 Å². The molecule has 1 aliphatic carbocycles. The van der Waals surface area contributed by atoms with Crippen molar-refractivity contribution in [3.8, 4) is 11.5 Å². The van der Waals surface area contributed by atoms with E-state index in [4.69, 9.17) is 10.5 Å². The van der Waals surface area contributed by atoms with Gasteiger partial charge in [-0.1, -0.05) is 0 Å². The first kappa shape index (κ1) is 23.3. The van der Waals surface area contributed by atoms with Gasteiger partial charge in [0.05, 0.1) is 4.75 Å². The first-order chi connectivity index (χ1) is 15.0. The lowest BCUT2D eigenvalue weighted by Crippen LogP contribution is -2.42. The third-order valence-electron chi connectivity index (χ3n) is 6.22. The number of hydrogen-bond acceptors (Lipinski definition) is 6. The number of nitrogens with one attached hydrogen (secondary N) is 1. The standard InChI is InChI=1S/C23H26N2O3S.CH5N/c24-21(27)23(10-9-22(16-23)11-13-25-14-12-22)29-20-7-5-19(6-8-20)28-18-3-1-17(15-26)2-4-18;1-2/h1-8,15,25H,9-14,16H2,(H2,24,27);2H2,1H3. The number of carbonyl (C=O) groups excluding carboxylic acids is 2. The van der Waals surface area contributed by atoms with E-state index < -0.39 is 4.75 Å². The molecule has 1 saturated heterocycles. The number of amides is 1. The highest BCUT2D eigenvalue weighted by Gasteiger charge is 2.52. The Labute approximate surface area is 188 Å². The van der Waals surface area contributed by atoms with E-state index in [-0.39, 0.29) is 11.3 Å². The van der Waals surface area contributed by atoms with Crippen molar-refractivity contribution in [2.45, 2.75) is 41.7 Å². The molecule has 1 spiro atoms. The molecule has 1 saturated carbocycles. The molecule has 1 aliphatic heterocycles. The van der Waals surface area contributed by atoms with E-state index in [2.05, 4.69) is 11.1 Å². The fraction of sp³-hybridized carbons (Fsp3) is 0.417. The number of carbonyl (C=O) groups is 2. The van der Waals surface area contributed by atoms with E-state index in [0.29, 0.717) is 17.1 Å². The second kappa shape index (κ2) is 10.3. The van der Waals surface area contributed by atoms with Crippen molar-refractivity contribution >= 4 is 24.0 Å². The number of rotatable bonds is 6. The molecule has 0 bridgehead atoms. The molecule has 1 amide bonds. The SMILES string of the molecule is CN.NC(=O)C1(Sc2ccc(Oc3ccc(C=O)cc3)cc2)CCC2(CCNCC2)C1. The van der Waals surface area contributed by atoms with Crippen LogP contribution in [0.5, 0.6) is 11.5 Å². The molecular formula is C24H31N3O3S. The van der Waals surface area contributed by atoms with Crippen molar-refractivity contribution in [1.82, 2.24) is 5.32 Å². The van der Waals surface area contributed by atoms with Crippen LogP contribution in [-0.4, -0.2) is 37.1 Å². The van der Waals surface area contributed by atoms with Gasteiger partial charge in [-0.15, -0.1) is 11.8 Å². The van der Waals surface area contributed by atoms with Crippen LogP contribution in [0.4, 0.5) is 0 Å². The maximum absolute atomic E-state index is 12.5. The minimum Gasteiger partial charge on any atom is -0.457 e. The number of hydrogen-bond donors (Lipinski definition) is 3. The summed E-state index contributed by atoms with van der Waals surface area (Å²) in [5, 5.41) is 3.42. The van der Waals surface area contributed by atoms with Crippen LogP contribution < -0.4 is 21.5 Å². The molecule has 5 N–H and O–H groups in total. The van der Waals surface area contributed by atoms with Crippen molar-refractivity contribution in [1.29, 1.82) is 0 Å². The molecule has 31 heavy (non-hydrogen) atoms. The molecule has 2 fully saturated rings. The van der Waals surface area contributed by atoms with Gasteiger partial charge < -0.3 is 21.5 Å². The topological polar surface area (TPSA) is 107 Å². The summed E-state index contributed by atoms with van der Waals surface area (Å²) in [4.78, 5) is 24.2. The summed E-state index contributed by atoms with van der Waals surface area (Å²) in [6.07, 6.45) is 5.83. The van der Waals surface area contributed by atoms with Gasteiger partial charge >= 0.3 is 0 Å². The van der Waals surface area contributed by atoms with Crippen LogP contribution in [-0.2, 0) is 4.79 Å². The Morgan fingerprint density at radius 2 is 1.55 bits per heavy atom. The van der Waals surface area contributed by atoms with E-state index in [1.807, 2.05) is 24.3 Å². The van der Waals surface area contributed by atoms with Gasteiger partial charge in [-0.05, 0) is 106 Å². The van der Waals surface area contributed by atoms with Gasteiger partial charge in [0.2, 0.25) is 5.91 Å². The van der Waals surface area contributed by atoms with E-state index >= 15 is 0 Å². The van der Waals surface area contributed by atoms with Crippen LogP contribution in [0.25, 0.3) is 0 Å². The Morgan fingerprint density at radius 3 is 2.10 bits per heavy atom. The molecule has 1 unspecified atom stereocenters. The fourth-order valence-corrected chi connectivity index (χ4v) is 5.94. The predicted octanol–water partition coefficient (Wildman–Crippen LogP) is 3.74. The Balaban J connectivity index is 0.00000132. The van der Waals surface area contributed by atoms with Gasteiger partial charge in [-0.25, -0.2) is 0 Å². The lowest BCUT2D eigenvalue weighted by atomic mass is 9.77. The molecule has 4 rings (SSSR count). The molecule has 0 radical (unpaired) electrons. The van der Waals surface area contributed by atoms with Gasteiger partial charge in [-0.2, -0.15) is 0 Å². The third kappa shape index (κ3) is 5.47. The smallest absolute Gasteiger partial charge is 0.234 e. The summed E-state index contributed by atoms with van der Waals surface area (Å²) >= 11 is 1.60. The quantitative estimate of drug-likeness (QED) is 0.590. The van der Waals surface area contributed by atoms with Gasteiger partial charge in [0.1, 0.15) is 17.8 Å². The molecule has 1 heterocycles. The molecule has 166 valence electrons. The van der Waals surface area contributed by atoms with Crippen LogP contribution in [0.3, 0.4) is 0 Å². The Hall–Kier alpha value is -2.35. The monoisotopic (exact) mass is 441 g/mol. The molecule has 6 nitrogen and oxygen atoms in total. The van der Waals surface area contributed by atoms with E-state index in [1.165, 1.54) is 7.05 Å². The highest BCUT2D eigenvalue weighted by Crippen LogP contribution is 2.56. The lowest BCUT2D eigenvalue weighted by molar-refractivity contribution is -0.120. The Kier molecular flexibility index (Phi) is 7.75. The highest BCUT2D eigenvalue weighted by atomic mass is 32.2. The van der Waals surface area contributed by atoms with Crippen LogP contribution in [0.1, 0.15) is 42.5 Å². The summed E-state index contributed by atoms with van der Waals surface area (Å²) in [6.45, 7) is 2.05. The fourth-order valence-electron chi connectivity index (χ4n) is 4.53. The summed E-state index contributed by atoms with van der Waals surface area (Å²) in [5.74, 6) is 1.18. The van der Waals surface area contributed by atoms with Crippen molar-refractivity contribution in [2.75, 3.05) is 20.1 Å². The zero-order valence-electron chi connectivity index (χ0n) is 17.9. The maximum Gasteiger partial charge on any atom is 0.234 e. The third-order valence-corrected chi connectivity index (χ3v) is 7.67. The van der Waals surface area contributed by atoms with Crippen molar-refractivity contribution < 1.29 is 14.3 Å². The summed E-state index contributed by atoms with van der Waals surface area (Å²) in [5.41, 5.74) is 11.3. The molecule has 0 aromatic heterocycles. The molecule has 1 atom stereocenters. The number of thioether (sulfide) groups is 1. The van der Waals surface area contributed by atoms with E-state index in [9.17, 15) is 9.59 Å². The molecular weight excluding hydrogens is 410 g/mol. The van der Waals surface area contributed by atoms with Gasteiger partial charge in [0, 0.05) is 10.5 Å². The van der Waals surface area contributed by atoms with Crippen LogP contribution >= 0.6 is 11.8 Å². The second-order valence-electron chi connectivity index (χ2n) is 8.15. The molecule has 2 aromatic carbocycles. The average Bonchev–Trinajstić information content (AvgIpc) is 3.16. The summed E-state index contributed by atoms with van der Waals surface area (Å²) in [6, 6.07) is 14.8. The minimum atomic E-state index is -0.523. The zero-order valence-corrected chi connectivity index (χ0v) is 18.8. The first-order valence-corrected chi connectivity index (χ1v) is 11.4. The van der Waals surface area contributed by atoms with Gasteiger partial charge in [-0.3, -0.25) is 9.59 Å². The highest BCUT2D eigenvalue weighted by molar-refractivity contribution is 8.01. The Bertz CT molecular complexity index is 880. The van der Waals surface area contributed by atoms with Crippen molar-refractivity contribution in [2.24, 2.45) is 16.9 Å². The molecule has 7 heteroatoms. The average molecular weight is 442 g/mol. The number of aldehydes is 1. The maximum atomic E-state index is 12.5. The first-order valence-electron chi connectivity index (χ1n) is 10.6. The van der Waals surface area contributed by atoms with Crippen LogP contribution in [0.2, 0.25) is 0 Å². The van der Waals surface area contributed by atoms with Crippen molar-refractivity contribution in [3.63, 3.8) is 0 Å². The number of piperidine rings is 1. The Morgan fingerprint density at radius 1 is 0.968 bits per heavy atom. The zero-order chi connectivity index (χ0) is 22.3. The largest absolute Gasteiger partial charge is 0.457 e. The molecule has 2 aliphatic rings. The molecule has 2 aromatic rings. The van der Waals surface area contributed by atoms with Crippen LogP contribution in [0.15, 0.2) is 53.4 Å². The number of benzene rings is 2. The summed E-state index contributed by atoms with van der Waals surface area (Å²) < 4.78 is 5.32. The number of nitrogens with two attached hydrogens (primary N) is 2. The number of primary amides is 1. The van der Waals surface area contributed by atoms with Gasteiger partial charge in [0.15, 0.2) is 0 Å². The summed E-state index contributed by atoms with van der Waals surface area (Å²) in [7, 11) is 1.50.